The molecule has 1 aliphatic heterocycles. The van der Waals surface area contributed by atoms with Gasteiger partial charge in [0, 0.05) is 6.42 Å². The van der Waals surface area contributed by atoms with Gasteiger partial charge in [0.25, 0.3) is 6.43 Å². The van der Waals surface area contributed by atoms with Crippen LogP contribution in [-0.2, 0) is 9.53 Å². The molecule has 1 fully saturated rings. The Morgan fingerprint density at radius 1 is 1.44 bits per heavy atom. The first-order valence-electron chi connectivity index (χ1n) is 4.53. The standard InChI is InChI=1S/C5H5F2NOS.C4H6O2/c6-5(7)3-1-2-4(9-3)10-8;5-4-2-1-3-6-4/h1-2,5H,8H2;1-3H2. The van der Waals surface area contributed by atoms with Gasteiger partial charge in [-0.3, -0.25) is 9.93 Å². The number of nitrogens with two attached hydrogens (primary N) is 1. The molecule has 7 heteroatoms. The minimum absolute atomic E-state index is 0.0463. The predicted octanol–water partition coefficient (Wildman–Crippen LogP) is 2.51. The molecular formula is C9H11F2NO3S. The zero-order valence-electron chi connectivity index (χ0n) is 8.32. The number of hydrogen-bond acceptors (Lipinski definition) is 5. The molecular weight excluding hydrogens is 240 g/mol. The van der Waals surface area contributed by atoms with Gasteiger partial charge >= 0.3 is 5.97 Å². The quantitative estimate of drug-likeness (QED) is 0.646. The maximum atomic E-state index is 11.8. The van der Waals surface area contributed by atoms with Gasteiger partial charge in [-0.05, 0) is 30.5 Å². The van der Waals surface area contributed by atoms with E-state index in [2.05, 4.69) is 9.15 Å². The van der Waals surface area contributed by atoms with E-state index >= 15 is 0 Å². The molecule has 2 N–H and O–H groups in total. The lowest BCUT2D eigenvalue weighted by Gasteiger charge is -1.90. The first-order chi connectivity index (χ1) is 7.63. The Morgan fingerprint density at radius 2 is 2.19 bits per heavy atom. The van der Waals surface area contributed by atoms with Crippen LogP contribution in [0.5, 0.6) is 0 Å². The number of cyclic esters (lactones) is 1. The van der Waals surface area contributed by atoms with Gasteiger partial charge in [0.1, 0.15) is 0 Å². The van der Waals surface area contributed by atoms with Gasteiger partial charge in [-0.2, -0.15) is 0 Å². The molecule has 16 heavy (non-hydrogen) atoms. The van der Waals surface area contributed by atoms with Crippen LogP contribution in [0.4, 0.5) is 8.78 Å². The molecule has 2 rings (SSSR count). The third-order valence-corrected chi connectivity index (χ3v) is 2.17. The molecule has 0 radical (unpaired) electrons. The number of ether oxygens (including phenoxy) is 1. The number of furan rings is 1. The van der Waals surface area contributed by atoms with Crippen molar-refractivity contribution >= 4 is 17.9 Å². The maximum Gasteiger partial charge on any atom is 0.305 e. The number of hydrogen-bond donors (Lipinski definition) is 1. The van der Waals surface area contributed by atoms with Crippen LogP contribution in [0.3, 0.4) is 0 Å². The van der Waals surface area contributed by atoms with Crippen molar-refractivity contribution in [2.75, 3.05) is 6.61 Å². The molecule has 0 amide bonds. The number of carbonyl (C=O) groups is 1. The average Bonchev–Trinajstić information content (AvgIpc) is 2.88. The minimum atomic E-state index is -2.55. The Bertz CT molecular complexity index is 335. The molecule has 90 valence electrons. The summed E-state index contributed by atoms with van der Waals surface area (Å²) in [6.07, 6.45) is -1.01. The van der Waals surface area contributed by atoms with Crippen molar-refractivity contribution in [1.82, 2.24) is 0 Å². The summed E-state index contributed by atoms with van der Waals surface area (Å²) in [6, 6.07) is 2.62. The van der Waals surface area contributed by atoms with Crippen molar-refractivity contribution in [2.45, 2.75) is 24.4 Å². The van der Waals surface area contributed by atoms with E-state index in [1.54, 1.807) is 0 Å². The normalized spacial score (nSPS) is 14.6. The number of alkyl halides is 2. The lowest BCUT2D eigenvalue weighted by molar-refractivity contribution is -0.137. The first-order valence-corrected chi connectivity index (χ1v) is 5.41. The van der Waals surface area contributed by atoms with Crippen LogP contribution in [0.2, 0.25) is 0 Å². The smallest absolute Gasteiger partial charge is 0.305 e. The molecule has 2 heterocycles. The largest absolute Gasteiger partial charge is 0.466 e. The fraction of sp³-hybridized carbons (Fsp3) is 0.444. The Morgan fingerprint density at radius 3 is 2.44 bits per heavy atom. The Balaban J connectivity index is 0.000000181. The van der Waals surface area contributed by atoms with Gasteiger partial charge in [0.05, 0.1) is 6.61 Å². The van der Waals surface area contributed by atoms with Crippen molar-refractivity contribution in [2.24, 2.45) is 5.14 Å². The molecule has 0 aliphatic carbocycles. The molecule has 4 nitrogen and oxygen atoms in total. The lowest BCUT2D eigenvalue weighted by Crippen LogP contribution is -1.88. The second kappa shape index (κ2) is 6.49. The van der Waals surface area contributed by atoms with Crippen molar-refractivity contribution in [3.05, 3.63) is 17.9 Å². The van der Waals surface area contributed by atoms with E-state index < -0.39 is 6.43 Å². The minimum Gasteiger partial charge on any atom is -0.466 e. The monoisotopic (exact) mass is 251 g/mol. The second-order valence-electron chi connectivity index (χ2n) is 2.90. The van der Waals surface area contributed by atoms with Crippen LogP contribution in [0.25, 0.3) is 0 Å². The number of rotatable bonds is 2. The van der Waals surface area contributed by atoms with E-state index in [1.165, 1.54) is 12.1 Å². The summed E-state index contributed by atoms with van der Waals surface area (Å²) >= 11 is 0.807. The van der Waals surface area contributed by atoms with Gasteiger partial charge < -0.3 is 9.15 Å². The SMILES string of the molecule is NSc1ccc(C(F)F)o1.O=C1CCCO1. The Labute approximate surface area is 95.3 Å². The van der Waals surface area contributed by atoms with Gasteiger partial charge in [-0.1, -0.05) is 0 Å². The van der Waals surface area contributed by atoms with Crippen LogP contribution in [0.15, 0.2) is 21.6 Å². The molecule has 0 aromatic carbocycles. The molecule has 1 aromatic heterocycles. The average molecular weight is 251 g/mol. The fourth-order valence-corrected chi connectivity index (χ4v) is 1.28. The van der Waals surface area contributed by atoms with Crippen LogP contribution >= 0.6 is 11.9 Å². The molecule has 1 aliphatic rings. The van der Waals surface area contributed by atoms with Crippen LogP contribution in [-0.4, -0.2) is 12.6 Å². The van der Waals surface area contributed by atoms with Gasteiger partial charge in [-0.15, -0.1) is 0 Å². The highest BCUT2D eigenvalue weighted by atomic mass is 32.2. The Hall–Kier alpha value is -1.08. The van der Waals surface area contributed by atoms with Crippen molar-refractivity contribution in [1.29, 1.82) is 0 Å². The lowest BCUT2D eigenvalue weighted by atomic mass is 10.4. The molecule has 0 spiro atoms. The van der Waals surface area contributed by atoms with Crippen LogP contribution in [0.1, 0.15) is 25.0 Å². The van der Waals surface area contributed by atoms with E-state index in [9.17, 15) is 13.6 Å². The second-order valence-corrected chi connectivity index (χ2v) is 3.54. The molecule has 1 saturated heterocycles. The summed E-state index contributed by atoms with van der Waals surface area (Å²) in [7, 11) is 0. The number of carbonyl (C=O) groups excluding carboxylic acids is 1. The summed E-state index contributed by atoms with van der Waals surface area (Å²) in [5, 5.41) is 5.34. The maximum absolute atomic E-state index is 11.8. The molecule has 0 atom stereocenters. The number of esters is 1. The molecule has 0 unspecified atom stereocenters. The highest BCUT2D eigenvalue weighted by Gasteiger charge is 2.11. The Kier molecular flexibility index (Phi) is 5.27. The summed E-state index contributed by atoms with van der Waals surface area (Å²) in [5.41, 5.74) is 0. The molecule has 0 bridgehead atoms. The van der Waals surface area contributed by atoms with Crippen LogP contribution < -0.4 is 5.14 Å². The zero-order chi connectivity index (χ0) is 12.0. The van der Waals surface area contributed by atoms with E-state index in [1.807, 2.05) is 0 Å². The molecule has 0 saturated carbocycles. The third kappa shape index (κ3) is 4.19. The molecule has 1 aromatic rings. The predicted molar refractivity (Wildman–Crippen MR) is 53.9 cm³/mol. The highest BCUT2D eigenvalue weighted by Crippen LogP contribution is 2.24. The van der Waals surface area contributed by atoms with Gasteiger partial charge in [-0.25, -0.2) is 8.78 Å². The van der Waals surface area contributed by atoms with E-state index in [4.69, 9.17) is 5.14 Å². The van der Waals surface area contributed by atoms with Gasteiger partial charge in [0.2, 0.25) is 0 Å². The number of halogens is 2. The van der Waals surface area contributed by atoms with Crippen molar-refractivity contribution < 1.29 is 22.7 Å². The van der Waals surface area contributed by atoms with Crippen LogP contribution in [0, 0.1) is 0 Å². The highest BCUT2D eigenvalue weighted by molar-refractivity contribution is 7.96. The summed E-state index contributed by atoms with van der Waals surface area (Å²) in [4.78, 5) is 10.0. The van der Waals surface area contributed by atoms with E-state index in [0.29, 0.717) is 18.1 Å². The summed E-state index contributed by atoms with van der Waals surface area (Å²) in [5.74, 6) is -0.386. The third-order valence-electron chi connectivity index (χ3n) is 1.72. The fourth-order valence-electron chi connectivity index (χ4n) is 0.990. The topological polar surface area (TPSA) is 65.5 Å². The summed E-state index contributed by atoms with van der Waals surface area (Å²) in [6.45, 7) is 0.638. The van der Waals surface area contributed by atoms with Gasteiger partial charge in [0.15, 0.2) is 10.9 Å². The zero-order valence-corrected chi connectivity index (χ0v) is 9.14. The summed E-state index contributed by atoms with van der Waals surface area (Å²) < 4.78 is 32.6. The first kappa shape index (κ1) is 13.0. The van der Waals surface area contributed by atoms with Crippen molar-refractivity contribution in [3.8, 4) is 0 Å². The van der Waals surface area contributed by atoms with E-state index in [0.717, 1.165) is 18.4 Å². The van der Waals surface area contributed by atoms with E-state index in [-0.39, 0.29) is 11.7 Å². The van der Waals surface area contributed by atoms with Crippen molar-refractivity contribution in [3.63, 3.8) is 0 Å².